The number of nitrogens with two attached hydrogens (primary N) is 1. The van der Waals surface area contributed by atoms with Gasteiger partial charge in [-0.15, -0.1) is 0 Å². The maximum absolute atomic E-state index is 13.1. The number of nitrogens with one attached hydrogen (secondary N) is 1. The number of anilines is 2. The molecule has 2 aromatic carbocycles. The van der Waals surface area contributed by atoms with Crippen LogP contribution in [0, 0.1) is 5.82 Å². The minimum absolute atomic E-state index is 0.275. The van der Waals surface area contributed by atoms with Crippen LogP contribution in [0.15, 0.2) is 54.7 Å². The van der Waals surface area contributed by atoms with Crippen LogP contribution in [0.25, 0.3) is 10.8 Å². The molecule has 4 nitrogen and oxygen atoms in total. The van der Waals surface area contributed by atoms with E-state index in [9.17, 15) is 9.18 Å². The van der Waals surface area contributed by atoms with Crippen LogP contribution in [0.5, 0.6) is 0 Å². The predicted molar refractivity (Wildman–Crippen MR) is 80.5 cm³/mol. The van der Waals surface area contributed by atoms with Crippen LogP contribution < -0.4 is 11.1 Å². The number of hydrogen-bond acceptors (Lipinski definition) is 3. The van der Waals surface area contributed by atoms with Crippen molar-refractivity contribution >= 4 is 28.1 Å². The zero-order valence-corrected chi connectivity index (χ0v) is 11.0. The molecule has 0 aliphatic heterocycles. The normalized spacial score (nSPS) is 10.5. The lowest BCUT2D eigenvalue weighted by atomic mass is 10.1. The van der Waals surface area contributed by atoms with Gasteiger partial charge in [0.05, 0.1) is 0 Å². The summed E-state index contributed by atoms with van der Waals surface area (Å²) in [6.07, 6.45) is 1.54. The van der Waals surface area contributed by atoms with E-state index in [1.54, 1.807) is 36.5 Å². The van der Waals surface area contributed by atoms with Crippen molar-refractivity contribution < 1.29 is 9.18 Å². The molecule has 104 valence electrons. The first kappa shape index (κ1) is 13.1. The third-order valence-corrected chi connectivity index (χ3v) is 3.09. The van der Waals surface area contributed by atoms with Crippen molar-refractivity contribution in [2.75, 3.05) is 11.1 Å². The van der Waals surface area contributed by atoms with E-state index < -0.39 is 11.7 Å². The van der Waals surface area contributed by atoms with E-state index in [-0.39, 0.29) is 5.69 Å². The third-order valence-electron chi connectivity index (χ3n) is 3.09. The lowest BCUT2D eigenvalue weighted by Crippen LogP contribution is -2.14. The average Bonchev–Trinajstić information content (AvgIpc) is 2.46. The molecule has 0 bridgehead atoms. The highest BCUT2D eigenvalue weighted by Gasteiger charge is 2.12. The maximum Gasteiger partial charge on any atom is 0.274 e. The number of pyridine rings is 1. The van der Waals surface area contributed by atoms with Gasteiger partial charge in [0.15, 0.2) is 0 Å². The van der Waals surface area contributed by atoms with E-state index in [1.807, 2.05) is 0 Å². The minimum atomic E-state index is -0.411. The molecule has 0 fully saturated rings. The first-order chi connectivity index (χ1) is 10.1. The Bertz CT molecular complexity index is 833. The molecular formula is C16H12FN3O. The largest absolute Gasteiger partial charge is 0.399 e. The first-order valence-electron chi connectivity index (χ1n) is 6.34. The van der Waals surface area contributed by atoms with Crippen molar-refractivity contribution in [3.63, 3.8) is 0 Å². The molecule has 0 saturated carbocycles. The molecule has 1 heterocycles. The molecule has 0 unspecified atom stereocenters. The van der Waals surface area contributed by atoms with Crippen LogP contribution in [0.3, 0.4) is 0 Å². The van der Waals surface area contributed by atoms with Gasteiger partial charge >= 0.3 is 0 Å². The molecule has 3 rings (SSSR count). The van der Waals surface area contributed by atoms with Gasteiger partial charge in [-0.1, -0.05) is 6.07 Å². The van der Waals surface area contributed by atoms with E-state index >= 15 is 0 Å². The Labute approximate surface area is 120 Å². The molecular weight excluding hydrogens is 269 g/mol. The fourth-order valence-electron chi connectivity index (χ4n) is 2.13. The average molecular weight is 281 g/mol. The van der Waals surface area contributed by atoms with Gasteiger partial charge in [0.1, 0.15) is 11.5 Å². The number of hydrogen-bond donors (Lipinski definition) is 2. The molecule has 0 radical (unpaired) electrons. The van der Waals surface area contributed by atoms with Gasteiger partial charge in [-0.05, 0) is 47.9 Å². The van der Waals surface area contributed by atoms with Gasteiger partial charge in [0.2, 0.25) is 0 Å². The Kier molecular flexibility index (Phi) is 3.23. The number of halogens is 1. The summed E-state index contributed by atoms with van der Waals surface area (Å²) in [5.74, 6) is -0.803. The highest BCUT2D eigenvalue weighted by atomic mass is 19.1. The Balaban J connectivity index is 1.98. The van der Waals surface area contributed by atoms with Gasteiger partial charge in [-0.3, -0.25) is 9.78 Å². The standard InChI is InChI=1S/C16H12FN3O/c17-11-2-1-3-13(9-11)20-16(21)15-14-5-4-12(18)8-10(14)6-7-19-15/h1-9H,18H2,(H,20,21). The Morgan fingerprint density at radius 1 is 1.14 bits per heavy atom. The monoisotopic (exact) mass is 281 g/mol. The summed E-state index contributed by atoms with van der Waals surface area (Å²) >= 11 is 0. The van der Waals surface area contributed by atoms with Crippen molar-refractivity contribution in [1.29, 1.82) is 0 Å². The molecule has 0 spiro atoms. The molecule has 3 N–H and O–H groups in total. The molecule has 0 aliphatic rings. The molecule has 1 aromatic heterocycles. The molecule has 1 amide bonds. The molecule has 0 aliphatic carbocycles. The predicted octanol–water partition coefficient (Wildman–Crippen LogP) is 3.21. The lowest BCUT2D eigenvalue weighted by Gasteiger charge is -2.07. The summed E-state index contributed by atoms with van der Waals surface area (Å²) in [4.78, 5) is 16.4. The van der Waals surface area contributed by atoms with Crippen molar-refractivity contribution in [2.45, 2.75) is 0 Å². The highest BCUT2D eigenvalue weighted by Crippen LogP contribution is 2.20. The van der Waals surface area contributed by atoms with Crippen molar-refractivity contribution in [2.24, 2.45) is 0 Å². The van der Waals surface area contributed by atoms with Crippen molar-refractivity contribution in [3.8, 4) is 0 Å². The van der Waals surface area contributed by atoms with E-state index in [4.69, 9.17) is 5.73 Å². The van der Waals surface area contributed by atoms with Crippen LogP contribution in [0.4, 0.5) is 15.8 Å². The second-order valence-electron chi connectivity index (χ2n) is 4.60. The van der Waals surface area contributed by atoms with Crippen molar-refractivity contribution in [1.82, 2.24) is 4.98 Å². The summed E-state index contributed by atoms with van der Waals surface area (Å²) in [6, 6.07) is 12.7. The number of nitrogen functional groups attached to an aromatic ring is 1. The van der Waals surface area contributed by atoms with Crippen LogP contribution in [0.1, 0.15) is 10.5 Å². The number of rotatable bonds is 2. The number of carbonyl (C=O) groups excluding carboxylic acids is 1. The molecule has 0 atom stereocenters. The molecule has 3 aromatic rings. The highest BCUT2D eigenvalue weighted by molar-refractivity contribution is 6.11. The number of fused-ring (bicyclic) bond motifs is 1. The summed E-state index contributed by atoms with van der Waals surface area (Å²) in [5, 5.41) is 4.16. The van der Waals surface area contributed by atoms with Crippen LogP contribution >= 0.6 is 0 Å². The number of carbonyl (C=O) groups is 1. The molecule has 0 saturated heterocycles. The quantitative estimate of drug-likeness (QED) is 0.709. The lowest BCUT2D eigenvalue weighted by molar-refractivity contribution is 0.102. The smallest absolute Gasteiger partial charge is 0.274 e. The SMILES string of the molecule is Nc1ccc2c(C(=O)Nc3cccc(F)c3)nccc2c1. The number of aromatic nitrogens is 1. The zero-order chi connectivity index (χ0) is 14.8. The topological polar surface area (TPSA) is 68.0 Å². The molecule has 5 heteroatoms. The van der Waals surface area contributed by atoms with E-state index in [0.717, 1.165) is 5.39 Å². The van der Waals surface area contributed by atoms with Gasteiger partial charge in [-0.2, -0.15) is 0 Å². The Morgan fingerprint density at radius 2 is 2.00 bits per heavy atom. The van der Waals surface area contributed by atoms with Crippen molar-refractivity contribution in [3.05, 3.63) is 66.2 Å². The second-order valence-corrected chi connectivity index (χ2v) is 4.60. The third kappa shape index (κ3) is 2.67. The van der Waals surface area contributed by atoms with Gasteiger partial charge in [-0.25, -0.2) is 4.39 Å². The second kappa shape index (κ2) is 5.20. The van der Waals surface area contributed by atoms with Gasteiger partial charge in [0.25, 0.3) is 5.91 Å². The van der Waals surface area contributed by atoms with E-state index in [1.165, 1.54) is 18.2 Å². The fraction of sp³-hybridized carbons (Fsp3) is 0. The Morgan fingerprint density at radius 3 is 2.81 bits per heavy atom. The number of nitrogens with zero attached hydrogens (tertiary/aromatic N) is 1. The van der Waals surface area contributed by atoms with Gasteiger partial charge in [0, 0.05) is 23.0 Å². The summed E-state index contributed by atoms with van der Waals surface area (Å²) < 4.78 is 13.1. The maximum atomic E-state index is 13.1. The summed E-state index contributed by atoms with van der Waals surface area (Å²) in [7, 11) is 0. The van der Waals surface area contributed by atoms with E-state index in [2.05, 4.69) is 10.3 Å². The van der Waals surface area contributed by atoms with Gasteiger partial charge < -0.3 is 11.1 Å². The van der Waals surface area contributed by atoms with Crippen LogP contribution in [0.2, 0.25) is 0 Å². The molecule has 21 heavy (non-hydrogen) atoms. The fourth-order valence-corrected chi connectivity index (χ4v) is 2.13. The first-order valence-corrected chi connectivity index (χ1v) is 6.34. The summed E-state index contributed by atoms with van der Waals surface area (Å²) in [6.45, 7) is 0. The zero-order valence-electron chi connectivity index (χ0n) is 11.0. The van der Waals surface area contributed by atoms with E-state index in [0.29, 0.717) is 16.8 Å². The number of benzene rings is 2. The number of amides is 1. The minimum Gasteiger partial charge on any atom is -0.399 e. The summed E-state index contributed by atoms with van der Waals surface area (Å²) in [5.41, 5.74) is 7.00. The van der Waals surface area contributed by atoms with Crippen LogP contribution in [-0.4, -0.2) is 10.9 Å². The van der Waals surface area contributed by atoms with Crippen LogP contribution in [-0.2, 0) is 0 Å². The Hall–Kier alpha value is -2.95.